The van der Waals surface area contributed by atoms with Gasteiger partial charge in [-0.2, -0.15) is 5.26 Å². The van der Waals surface area contributed by atoms with Gasteiger partial charge >= 0.3 is 0 Å². The van der Waals surface area contributed by atoms with Crippen LogP contribution in [0.15, 0.2) is 33.5 Å². The standard InChI is InChI=1S/C14H9BrF2N2O/c1-8-2-3-9(6-18)14(20)19(8)7-10-12(16)5-4-11(15)13(10)17/h2-5H,7H2,1H3. The Morgan fingerprint density at radius 3 is 2.65 bits per heavy atom. The molecule has 0 atom stereocenters. The summed E-state index contributed by atoms with van der Waals surface area (Å²) in [5.74, 6) is -1.49. The third-order valence-electron chi connectivity index (χ3n) is 2.97. The topological polar surface area (TPSA) is 45.8 Å². The number of benzene rings is 1. The van der Waals surface area contributed by atoms with E-state index < -0.39 is 17.2 Å². The molecule has 0 aliphatic carbocycles. The van der Waals surface area contributed by atoms with Gasteiger partial charge in [0.2, 0.25) is 0 Å². The lowest BCUT2D eigenvalue weighted by Crippen LogP contribution is -2.25. The first-order valence-electron chi connectivity index (χ1n) is 5.68. The molecule has 0 saturated carbocycles. The summed E-state index contributed by atoms with van der Waals surface area (Å²) in [6, 6.07) is 7.09. The molecule has 0 amide bonds. The first kappa shape index (κ1) is 14.4. The van der Waals surface area contributed by atoms with Crippen molar-refractivity contribution in [3.05, 3.63) is 67.5 Å². The molecular weight excluding hydrogens is 330 g/mol. The molecule has 102 valence electrons. The van der Waals surface area contributed by atoms with Crippen molar-refractivity contribution in [1.29, 1.82) is 5.26 Å². The second-order valence-electron chi connectivity index (χ2n) is 4.21. The lowest BCUT2D eigenvalue weighted by Gasteiger charge is -2.12. The van der Waals surface area contributed by atoms with Crippen molar-refractivity contribution in [1.82, 2.24) is 4.57 Å². The normalized spacial score (nSPS) is 10.3. The molecule has 1 aromatic heterocycles. The van der Waals surface area contributed by atoms with Gasteiger partial charge in [-0.1, -0.05) is 0 Å². The molecule has 0 bridgehead atoms. The molecule has 0 spiro atoms. The molecule has 0 unspecified atom stereocenters. The Balaban J connectivity index is 2.60. The van der Waals surface area contributed by atoms with E-state index in [1.165, 1.54) is 16.7 Å². The van der Waals surface area contributed by atoms with Crippen molar-refractivity contribution in [2.24, 2.45) is 0 Å². The van der Waals surface area contributed by atoms with Crippen LogP contribution in [0.5, 0.6) is 0 Å². The minimum Gasteiger partial charge on any atom is -0.307 e. The number of aryl methyl sites for hydroxylation is 1. The fourth-order valence-electron chi connectivity index (χ4n) is 1.82. The summed E-state index contributed by atoms with van der Waals surface area (Å²) < 4.78 is 28.9. The summed E-state index contributed by atoms with van der Waals surface area (Å²) in [5, 5.41) is 8.83. The van der Waals surface area contributed by atoms with E-state index in [9.17, 15) is 13.6 Å². The molecule has 2 aromatic rings. The maximum Gasteiger partial charge on any atom is 0.268 e. The van der Waals surface area contributed by atoms with Crippen LogP contribution in [0.4, 0.5) is 8.78 Å². The minimum absolute atomic E-state index is 0.0635. The highest BCUT2D eigenvalue weighted by molar-refractivity contribution is 9.10. The second kappa shape index (κ2) is 5.55. The Hall–Kier alpha value is -2.00. The van der Waals surface area contributed by atoms with Gasteiger partial charge in [-0.15, -0.1) is 0 Å². The highest BCUT2D eigenvalue weighted by Gasteiger charge is 2.15. The molecule has 6 heteroatoms. The molecule has 1 heterocycles. The van der Waals surface area contributed by atoms with Crippen LogP contribution in [-0.4, -0.2) is 4.57 Å². The molecule has 0 N–H and O–H groups in total. The number of hydrogen-bond acceptors (Lipinski definition) is 2. The van der Waals surface area contributed by atoms with Crippen LogP contribution in [-0.2, 0) is 6.54 Å². The van der Waals surface area contributed by atoms with E-state index in [2.05, 4.69) is 15.9 Å². The minimum atomic E-state index is -0.751. The van der Waals surface area contributed by atoms with Crippen LogP contribution in [0.25, 0.3) is 0 Å². The van der Waals surface area contributed by atoms with Crippen LogP contribution in [0, 0.1) is 29.9 Å². The highest BCUT2D eigenvalue weighted by atomic mass is 79.9. The Kier molecular flexibility index (Phi) is 4.00. The predicted molar refractivity (Wildman–Crippen MR) is 73.3 cm³/mol. The van der Waals surface area contributed by atoms with Crippen molar-refractivity contribution < 1.29 is 8.78 Å². The number of nitrogens with zero attached hydrogens (tertiary/aromatic N) is 2. The van der Waals surface area contributed by atoms with Crippen LogP contribution < -0.4 is 5.56 Å². The Morgan fingerprint density at radius 2 is 2.00 bits per heavy atom. The fraction of sp³-hybridized carbons (Fsp3) is 0.143. The number of nitriles is 1. The van der Waals surface area contributed by atoms with Crippen LogP contribution in [0.2, 0.25) is 0 Å². The van der Waals surface area contributed by atoms with Crippen LogP contribution >= 0.6 is 15.9 Å². The molecule has 2 rings (SSSR count). The molecule has 1 aromatic carbocycles. The zero-order valence-corrected chi connectivity index (χ0v) is 12.0. The quantitative estimate of drug-likeness (QED) is 0.790. The van der Waals surface area contributed by atoms with Gasteiger partial charge in [-0.05, 0) is 47.1 Å². The number of halogens is 3. The fourth-order valence-corrected chi connectivity index (χ4v) is 2.20. The van der Waals surface area contributed by atoms with Gasteiger partial charge in [-0.25, -0.2) is 8.78 Å². The third kappa shape index (κ3) is 2.49. The summed E-state index contributed by atoms with van der Waals surface area (Å²) in [6.45, 7) is 1.37. The molecule has 0 radical (unpaired) electrons. The van der Waals surface area contributed by atoms with Gasteiger partial charge in [0.25, 0.3) is 5.56 Å². The molecule has 0 aliphatic rings. The average molecular weight is 339 g/mol. The largest absolute Gasteiger partial charge is 0.307 e. The van der Waals surface area contributed by atoms with Crippen molar-refractivity contribution in [2.45, 2.75) is 13.5 Å². The zero-order chi connectivity index (χ0) is 14.9. The van der Waals surface area contributed by atoms with Crippen molar-refractivity contribution >= 4 is 15.9 Å². The first-order chi connectivity index (χ1) is 9.45. The smallest absolute Gasteiger partial charge is 0.268 e. The third-order valence-corrected chi connectivity index (χ3v) is 3.58. The SMILES string of the molecule is Cc1ccc(C#N)c(=O)n1Cc1c(F)ccc(Br)c1F. The number of pyridine rings is 1. The van der Waals surface area contributed by atoms with E-state index >= 15 is 0 Å². The summed E-state index contributed by atoms with van der Waals surface area (Å²) in [4.78, 5) is 12.0. The number of hydrogen-bond donors (Lipinski definition) is 0. The first-order valence-corrected chi connectivity index (χ1v) is 6.48. The summed E-state index contributed by atoms with van der Waals surface area (Å²) in [5.41, 5.74) is -0.329. The Morgan fingerprint density at radius 1 is 1.30 bits per heavy atom. The molecular formula is C14H9BrF2N2O. The van der Waals surface area contributed by atoms with E-state index in [-0.39, 0.29) is 22.1 Å². The maximum atomic E-state index is 13.9. The van der Waals surface area contributed by atoms with E-state index in [4.69, 9.17) is 5.26 Å². The van der Waals surface area contributed by atoms with E-state index in [1.54, 1.807) is 19.1 Å². The molecule has 20 heavy (non-hydrogen) atoms. The Bertz CT molecular complexity index is 778. The van der Waals surface area contributed by atoms with Gasteiger partial charge in [-0.3, -0.25) is 4.79 Å². The van der Waals surface area contributed by atoms with Crippen LogP contribution in [0.1, 0.15) is 16.8 Å². The van der Waals surface area contributed by atoms with Gasteiger partial charge in [0.15, 0.2) is 0 Å². The van der Waals surface area contributed by atoms with Crippen molar-refractivity contribution in [3.8, 4) is 6.07 Å². The summed E-state index contributed by atoms with van der Waals surface area (Å²) >= 11 is 2.98. The molecule has 0 saturated heterocycles. The number of rotatable bonds is 2. The molecule has 0 aliphatic heterocycles. The molecule has 0 fully saturated rings. The van der Waals surface area contributed by atoms with Gasteiger partial charge in [0.1, 0.15) is 23.3 Å². The van der Waals surface area contributed by atoms with Crippen LogP contribution in [0.3, 0.4) is 0 Å². The van der Waals surface area contributed by atoms with Gasteiger partial charge in [0, 0.05) is 11.3 Å². The average Bonchev–Trinajstić information content (AvgIpc) is 2.42. The van der Waals surface area contributed by atoms with Gasteiger partial charge < -0.3 is 4.57 Å². The van der Waals surface area contributed by atoms with E-state index in [0.717, 1.165) is 6.07 Å². The second-order valence-corrected chi connectivity index (χ2v) is 5.07. The maximum absolute atomic E-state index is 13.9. The highest BCUT2D eigenvalue weighted by Crippen LogP contribution is 2.22. The van der Waals surface area contributed by atoms with Gasteiger partial charge in [0.05, 0.1) is 11.0 Å². The van der Waals surface area contributed by atoms with E-state index in [0.29, 0.717) is 5.69 Å². The summed E-state index contributed by atoms with van der Waals surface area (Å²) in [6.07, 6.45) is 0. The Labute approximate surface area is 122 Å². The predicted octanol–water partition coefficient (Wildman–Crippen LogP) is 3.12. The lowest BCUT2D eigenvalue weighted by atomic mass is 10.1. The van der Waals surface area contributed by atoms with Crippen molar-refractivity contribution in [2.75, 3.05) is 0 Å². The number of aromatic nitrogens is 1. The molecule has 3 nitrogen and oxygen atoms in total. The van der Waals surface area contributed by atoms with E-state index in [1.807, 2.05) is 0 Å². The summed E-state index contributed by atoms with van der Waals surface area (Å²) in [7, 11) is 0. The monoisotopic (exact) mass is 338 g/mol. The lowest BCUT2D eigenvalue weighted by molar-refractivity contribution is 0.535. The zero-order valence-electron chi connectivity index (χ0n) is 10.5. The van der Waals surface area contributed by atoms with Crippen molar-refractivity contribution in [3.63, 3.8) is 0 Å².